The van der Waals surface area contributed by atoms with Crippen molar-refractivity contribution in [1.82, 2.24) is 4.90 Å². The fourth-order valence-electron chi connectivity index (χ4n) is 1.40. The lowest BCUT2D eigenvalue weighted by Gasteiger charge is -2.14. The monoisotopic (exact) mass is 287 g/mol. The maximum Gasteiger partial charge on any atom is 0.294 e. The van der Waals surface area contributed by atoms with Gasteiger partial charge in [0.15, 0.2) is 0 Å². The number of nitro groups is 1. The quantitative estimate of drug-likeness (QED) is 0.646. The molecule has 0 aliphatic carbocycles. The van der Waals surface area contributed by atoms with Crippen molar-refractivity contribution in [2.24, 2.45) is 0 Å². The van der Waals surface area contributed by atoms with Gasteiger partial charge in [-0.3, -0.25) is 19.6 Å². The van der Waals surface area contributed by atoms with Crippen LogP contribution in [0.4, 0.5) is 11.4 Å². The van der Waals surface area contributed by atoms with Gasteiger partial charge in [0.1, 0.15) is 5.69 Å². The van der Waals surface area contributed by atoms with E-state index in [9.17, 15) is 23.3 Å². The lowest BCUT2D eigenvalue weighted by Crippen LogP contribution is -2.24. The number of carbonyl (C=O) groups is 1. The van der Waals surface area contributed by atoms with Gasteiger partial charge in [0.05, 0.1) is 16.7 Å². The Morgan fingerprint density at radius 1 is 1.37 bits per heavy atom. The molecule has 0 spiro atoms. The molecule has 0 atom stereocenters. The molecule has 8 nitrogen and oxygen atoms in total. The molecule has 0 unspecified atom stereocenters. The number of rotatable bonds is 4. The van der Waals surface area contributed by atoms with Gasteiger partial charge < -0.3 is 4.90 Å². The first-order valence-electron chi connectivity index (χ1n) is 5.10. The van der Waals surface area contributed by atoms with Crippen LogP contribution in [0.25, 0.3) is 0 Å². The molecule has 104 valence electrons. The Morgan fingerprint density at radius 2 is 1.95 bits per heavy atom. The standard InChI is InChI=1S/C10H13N3O5S/c1-12(2)10(14)7-5-4-6-8(13(15)16)9(7)11-19(3,17)18/h4-6,11H,1-3H3. The molecule has 9 heteroatoms. The van der Waals surface area contributed by atoms with E-state index in [4.69, 9.17) is 0 Å². The number of hydrogen-bond donors (Lipinski definition) is 1. The molecule has 0 aliphatic rings. The van der Waals surface area contributed by atoms with Crippen LogP contribution < -0.4 is 4.72 Å². The summed E-state index contributed by atoms with van der Waals surface area (Å²) in [4.78, 5) is 23.2. The zero-order valence-corrected chi connectivity index (χ0v) is 11.4. The van der Waals surface area contributed by atoms with Crippen molar-refractivity contribution < 1.29 is 18.1 Å². The average molecular weight is 287 g/mol. The molecular weight excluding hydrogens is 274 g/mol. The molecule has 1 aromatic rings. The molecule has 1 amide bonds. The molecule has 0 heterocycles. The second-order valence-corrected chi connectivity index (χ2v) is 5.78. The van der Waals surface area contributed by atoms with Gasteiger partial charge in [-0.1, -0.05) is 6.07 Å². The van der Waals surface area contributed by atoms with Crippen molar-refractivity contribution in [1.29, 1.82) is 0 Å². The van der Waals surface area contributed by atoms with Gasteiger partial charge in [-0.25, -0.2) is 8.42 Å². The van der Waals surface area contributed by atoms with E-state index in [0.29, 0.717) is 0 Å². The average Bonchev–Trinajstić information content (AvgIpc) is 2.25. The van der Waals surface area contributed by atoms with E-state index >= 15 is 0 Å². The summed E-state index contributed by atoms with van der Waals surface area (Å²) in [6.45, 7) is 0. The summed E-state index contributed by atoms with van der Waals surface area (Å²) in [5, 5.41) is 10.9. The molecule has 0 radical (unpaired) electrons. The molecule has 1 N–H and O–H groups in total. The van der Waals surface area contributed by atoms with Gasteiger partial charge in [-0.2, -0.15) is 0 Å². The van der Waals surface area contributed by atoms with Crippen LogP contribution in [-0.2, 0) is 10.0 Å². The maximum atomic E-state index is 11.9. The van der Waals surface area contributed by atoms with Gasteiger partial charge in [0, 0.05) is 20.2 Å². The summed E-state index contributed by atoms with van der Waals surface area (Å²) in [6, 6.07) is 3.77. The molecule has 0 aromatic heterocycles. The third-order valence-electron chi connectivity index (χ3n) is 2.16. The molecular formula is C10H13N3O5S. The normalized spacial score (nSPS) is 10.9. The maximum absolute atomic E-state index is 11.9. The number of para-hydroxylation sites is 1. The van der Waals surface area contributed by atoms with Gasteiger partial charge in [-0.05, 0) is 6.07 Å². The Labute approximate surface area is 110 Å². The van der Waals surface area contributed by atoms with Crippen LogP contribution >= 0.6 is 0 Å². The van der Waals surface area contributed by atoms with Crippen LogP contribution in [0.3, 0.4) is 0 Å². The van der Waals surface area contributed by atoms with Crippen molar-refractivity contribution in [3.8, 4) is 0 Å². The number of benzene rings is 1. The predicted octanol–water partition coefficient (Wildman–Crippen LogP) is 0.668. The largest absolute Gasteiger partial charge is 0.345 e. The molecule has 0 fully saturated rings. The minimum Gasteiger partial charge on any atom is -0.345 e. The number of anilines is 1. The van der Waals surface area contributed by atoms with Crippen molar-refractivity contribution in [2.75, 3.05) is 25.1 Å². The van der Waals surface area contributed by atoms with Gasteiger partial charge in [0.2, 0.25) is 10.0 Å². The third kappa shape index (κ3) is 3.65. The lowest BCUT2D eigenvalue weighted by molar-refractivity contribution is -0.383. The number of nitrogens with zero attached hydrogens (tertiary/aromatic N) is 2. The van der Waals surface area contributed by atoms with Crippen molar-refractivity contribution in [3.63, 3.8) is 0 Å². The number of amides is 1. The van der Waals surface area contributed by atoms with Crippen LogP contribution in [0.1, 0.15) is 10.4 Å². The first-order chi connectivity index (χ1) is 8.63. The number of hydrogen-bond acceptors (Lipinski definition) is 5. The SMILES string of the molecule is CN(C)C(=O)c1cccc([N+](=O)[O-])c1NS(C)(=O)=O. The third-order valence-corrected chi connectivity index (χ3v) is 2.74. The minimum atomic E-state index is -3.74. The first kappa shape index (κ1) is 14.9. The zero-order chi connectivity index (χ0) is 14.8. The Morgan fingerprint density at radius 3 is 2.37 bits per heavy atom. The first-order valence-corrected chi connectivity index (χ1v) is 6.99. The van der Waals surface area contributed by atoms with E-state index in [1.54, 1.807) is 0 Å². The molecule has 0 saturated carbocycles. The van der Waals surface area contributed by atoms with Crippen LogP contribution in [0.5, 0.6) is 0 Å². The van der Waals surface area contributed by atoms with Crippen LogP contribution in [-0.4, -0.2) is 44.5 Å². The fraction of sp³-hybridized carbons (Fsp3) is 0.300. The van der Waals surface area contributed by atoms with E-state index in [2.05, 4.69) is 0 Å². The lowest BCUT2D eigenvalue weighted by atomic mass is 10.1. The highest BCUT2D eigenvalue weighted by atomic mass is 32.2. The molecule has 0 saturated heterocycles. The summed E-state index contributed by atoms with van der Waals surface area (Å²) in [5.74, 6) is -0.533. The number of sulfonamides is 1. The molecule has 0 aliphatic heterocycles. The molecule has 19 heavy (non-hydrogen) atoms. The molecule has 1 rings (SSSR count). The van der Waals surface area contributed by atoms with Crippen molar-refractivity contribution in [3.05, 3.63) is 33.9 Å². The highest BCUT2D eigenvalue weighted by molar-refractivity contribution is 7.92. The van der Waals surface area contributed by atoms with Crippen LogP contribution in [0, 0.1) is 10.1 Å². The van der Waals surface area contributed by atoms with Crippen LogP contribution in [0.2, 0.25) is 0 Å². The summed E-state index contributed by atoms with van der Waals surface area (Å²) in [7, 11) is -0.813. The highest BCUT2D eigenvalue weighted by Crippen LogP contribution is 2.29. The van der Waals surface area contributed by atoms with Crippen LogP contribution in [0.15, 0.2) is 18.2 Å². The smallest absolute Gasteiger partial charge is 0.294 e. The topological polar surface area (TPSA) is 110 Å². The minimum absolute atomic E-state index is 0.0791. The van der Waals surface area contributed by atoms with E-state index in [1.165, 1.54) is 31.1 Å². The van der Waals surface area contributed by atoms with E-state index in [-0.39, 0.29) is 11.3 Å². The van der Waals surface area contributed by atoms with Gasteiger partial charge in [0.25, 0.3) is 11.6 Å². The zero-order valence-electron chi connectivity index (χ0n) is 10.6. The predicted molar refractivity (Wildman–Crippen MR) is 69.6 cm³/mol. The summed E-state index contributed by atoms with van der Waals surface area (Å²) in [5.41, 5.74) is -0.878. The Hall–Kier alpha value is -2.16. The van der Waals surface area contributed by atoms with E-state index < -0.39 is 26.5 Å². The molecule has 0 bridgehead atoms. The van der Waals surface area contributed by atoms with Crippen molar-refractivity contribution in [2.45, 2.75) is 0 Å². The van der Waals surface area contributed by atoms with E-state index in [1.807, 2.05) is 4.72 Å². The number of nitro benzene ring substituents is 1. The Bertz CT molecular complexity index is 624. The van der Waals surface area contributed by atoms with Gasteiger partial charge >= 0.3 is 0 Å². The van der Waals surface area contributed by atoms with Gasteiger partial charge in [-0.15, -0.1) is 0 Å². The summed E-state index contributed by atoms with van der Waals surface area (Å²) in [6.07, 6.45) is 0.855. The summed E-state index contributed by atoms with van der Waals surface area (Å²) < 4.78 is 24.5. The molecule has 1 aromatic carbocycles. The summed E-state index contributed by atoms with van der Waals surface area (Å²) >= 11 is 0. The second kappa shape index (κ2) is 5.22. The fourth-order valence-corrected chi connectivity index (χ4v) is 1.99. The second-order valence-electron chi connectivity index (χ2n) is 4.03. The Balaban J connectivity index is 3.51. The Kier molecular flexibility index (Phi) is 4.10. The highest BCUT2D eigenvalue weighted by Gasteiger charge is 2.24. The van der Waals surface area contributed by atoms with Crippen molar-refractivity contribution >= 4 is 27.3 Å². The number of nitrogens with one attached hydrogen (secondary N) is 1. The number of carbonyl (C=O) groups excluding carboxylic acids is 1. The van der Waals surface area contributed by atoms with E-state index in [0.717, 1.165) is 12.3 Å².